The summed E-state index contributed by atoms with van der Waals surface area (Å²) in [5.74, 6) is -2.05. The molecule has 0 saturated carbocycles. The third kappa shape index (κ3) is 3.01. The van der Waals surface area contributed by atoms with E-state index in [1.54, 1.807) is 12.1 Å². The van der Waals surface area contributed by atoms with E-state index in [0.717, 1.165) is 10.5 Å². The van der Waals surface area contributed by atoms with Crippen molar-refractivity contribution in [2.75, 3.05) is 0 Å². The second-order valence-corrected chi connectivity index (χ2v) is 4.95. The van der Waals surface area contributed by atoms with Gasteiger partial charge in [0.25, 0.3) is 0 Å². The van der Waals surface area contributed by atoms with Crippen molar-refractivity contribution in [1.82, 2.24) is 4.98 Å². The Kier molecular flexibility index (Phi) is 3.73. The van der Waals surface area contributed by atoms with Crippen LogP contribution in [-0.2, 0) is 0 Å². The molecule has 0 N–H and O–H groups in total. The van der Waals surface area contributed by atoms with Gasteiger partial charge in [-0.2, -0.15) is 4.39 Å². The Morgan fingerprint density at radius 2 is 1.82 bits per heavy atom. The molecule has 88 valence electrons. The quantitative estimate of drug-likeness (QED) is 0.722. The molecule has 0 aliphatic rings. The minimum absolute atomic E-state index is 0.185. The van der Waals surface area contributed by atoms with Crippen LogP contribution in [0.4, 0.5) is 8.78 Å². The SMILES string of the molecule is Fc1cc(Br)cc(Oc2ccc(Br)cn2)c1F. The summed E-state index contributed by atoms with van der Waals surface area (Å²) in [7, 11) is 0. The molecule has 0 aliphatic heterocycles. The molecule has 6 heteroatoms. The number of halogens is 4. The molecule has 17 heavy (non-hydrogen) atoms. The molecule has 2 nitrogen and oxygen atoms in total. The first-order valence-corrected chi connectivity index (χ1v) is 6.09. The van der Waals surface area contributed by atoms with Crippen LogP contribution in [0.2, 0.25) is 0 Å². The van der Waals surface area contributed by atoms with E-state index in [0.29, 0.717) is 4.47 Å². The lowest BCUT2D eigenvalue weighted by atomic mass is 10.3. The summed E-state index contributed by atoms with van der Waals surface area (Å²) in [6, 6.07) is 5.59. The van der Waals surface area contributed by atoms with Gasteiger partial charge in [-0.15, -0.1) is 0 Å². The summed E-state index contributed by atoms with van der Waals surface area (Å²) in [6.07, 6.45) is 1.50. The van der Waals surface area contributed by atoms with Crippen molar-refractivity contribution < 1.29 is 13.5 Å². The van der Waals surface area contributed by atoms with Gasteiger partial charge < -0.3 is 4.74 Å². The van der Waals surface area contributed by atoms with E-state index < -0.39 is 11.6 Å². The van der Waals surface area contributed by atoms with Crippen molar-refractivity contribution in [3.05, 3.63) is 51.0 Å². The smallest absolute Gasteiger partial charge is 0.219 e. The Balaban J connectivity index is 2.32. The van der Waals surface area contributed by atoms with Crippen LogP contribution >= 0.6 is 31.9 Å². The van der Waals surface area contributed by atoms with Crippen LogP contribution in [0.15, 0.2) is 39.4 Å². The summed E-state index contributed by atoms with van der Waals surface area (Å²) >= 11 is 6.27. The molecular weight excluding hydrogens is 360 g/mol. The molecular formula is C11H5Br2F2NO. The lowest BCUT2D eigenvalue weighted by Gasteiger charge is -2.06. The minimum Gasteiger partial charge on any atom is -0.436 e. The van der Waals surface area contributed by atoms with Gasteiger partial charge in [-0.05, 0) is 34.1 Å². The number of ether oxygens (including phenoxy) is 1. The molecule has 0 fully saturated rings. The zero-order chi connectivity index (χ0) is 12.4. The Labute approximate surface area is 113 Å². The summed E-state index contributed by atoms with van der Waals surface area (Å²) in [4.78, 5) is 3.90. The van der Waals surface area contributed by atoms with Gasteiger partial charge in [-0.1, -0.05) is 15.9 Å². The van der Waals surface area contributed by atoms with Crippen molar-refractivity contribution in [2.45, 2.75) is 0 Å². The minimum atomic E-state index is -1.04. The zero-order valence-corrected chi connectivity index (χ0v) is 11.4. The summed E-state index contributed by atoms with van der Waals surface area (Å²) in [5, 5.41) is 0. The molecule has 2 rings (SSSR count). The van der Waals surface area contributed by atoms with Gasteiger partial charge in [-0.3, -0.25) is 0 Å². The standard InChI is InChI=1S/C11H5Br2F2NO/c12-6-1-2-10(16-5-6)17-9-4-7(13)3-8(14)11(9)15/h1-5H. The number of aromatic nitrogens is 1. The van der Waals surface area contributed by atoms with Crippen LogP contribution in [-0.4, -0.2) is 4.98 Å². The second-order valence-electron chi connectivity index (χ2n) is 3.12. The molecule has 0 saturated heterocycles. The number of hydrogen-bond acceptors (Lipinski definition) is 2. The molecule has 2 aromatic rings. The molecule has 0 aliphatic carbocycles. The van der Waals surface area contributed by atoms with Crippen molar-refractivity contribution in [3.8, 4) is 11.6 Å². The summed E-state index contributed by atoms with van der Waals surface area (Å²) in [5.41, 5.74) is 0. The van der Waals surface area contributed by atoms with Gasteiger partial charge in [0, 0.05) is 21.2 Å². The lowest BCUT2D eigenvalue weighted by Crippen LogP contribution is -1.93. The highest BCUT2D eigenvalue weighted by Crippen LogP contribution is 2.28. The number of rotatable bonds is 2. The third-order valence-corrected chi connectivity index (χ3v) is 2.80. The van der Waals surface area contributed by atoms with Crippen LogP contribution < -0.4 is 4.74 Å². The first-order chi connectivity index (χ1) is 8.06. The highest BCUT2D eigenvalue weighted by atomic mass is 79.9. The number of nitrogens with zero attached hydrogens (tertiary/aromatic N) is 1. The van der Waals surface area contributed by atoms with Crippen LogP contribution in [0.5, 0.6) is 11.6 Å². The normalized spacial score (nSPS) is 10.4. The highest BCUT2D eigenvalue weighted by molar-refractivity contribution is 9.10. The number of pyridine rings is 1. The Morgan fingerprint density at radius 1 is 1.06 bits per heavy atom. The largest absolute Gasteiger partial charge is 0.436 e. The van der Waals surface area contributed by atoms with Crippen LogP contribution in [0, 0.1) is 11.6 Å². The van der Waals surface area contributed by atoms with Gasteiger partial charge in [0.2, 0.25) is 11.7 Å². The molecule has 0 amide bonds. The van der Waals surface area contributed by atoms with Crippen molar-refractivity contribution in [2.24, 2.45) is 0 Å². The maximum atomic E-state index is 13.4. The monoisotopic (exact) mass is 363 g/mol. The van der Waals surface area contributed by atoms with Crippen LogP contribution in [0.1, 0.15) is 0 Å². The van der Waals surface area contributed by atoms with E-state index in [-0.39, 0.29) is 11.6 Å². The van der Waals surface area contributed by atoms with Gasteiger partial charge >= 0.3 is 0 Å². The van der Waals surface area contributed by atoms with Crippen molar-refractivity contribution in [1.29, 1.82) is 0 Å². The molecule has 0 bridgehead atoms. The van der Waals surface area contributed by atoms with Crippen LogP contribution in [0.25, 0.3) is 0 Å². The van der Waals surface area contributed by atoms with Crippen LogP contribution in [0.3, 0.4) is 0 Å². The van der Waals surface area contributed by atoms with E-state index in [4.69, 9.17) is 4.74 Å². The fraction of sp³-hybridized carbons (Fsp3) is 0. The number of benzene rings is 1. The molecule has 0 unspecified atom stereocenters. The van der Waals surface area contributed by atoms with E-state index in [2.05, 4.69) is 36.8 Å². The molecule has 1 aromatic carbocycles. The van der Waals surface area contributed by atoms with Gasteiger partial charge in [-0.25, -0.2) is 9.37 Å². The van der Waals surface area contributed by atoms with Crippen molar-refractivity contribution in [3.63, 3.8) is 0 Å². The van der Waals surface area contributed by atoms with E-state index in [1.165, 1.54) is 12.3 Å². The maximum absolute atomic E-state index is 13.4. The highest BCUT2D eigenvalue weighted by Gasteiger charge is 2.12. The predicted molar refractivity (Wildman–Crippen MR) is 66.1 cm³/mol. The predicted octanol–water partition coefficient (Wildman–Crippen LogP) is 4.68. The van der Waals surface area contributed by atoms with E-state index in [9.17, 15) is 8.78 Å². The average molecular weight is 365 g/mol. The molecule has 0 radical (unpaired) electrons. The van der Waals surface area contributed by atoms with Gasteiger partial charge in [0.05, 0.1) is 0 Å². The third-order valence-electron chi connectivity index (χ3n) is 1.87. The molecule has 1 heterocycles. The van der Waals surface area contributed by atoms with Crippen molar-refractivity contribution >= 4 is 31.9 Å². The summed E-state index contributed by atoms with van der Waals surface area (Å²) < 4.78 is 32.8. The average Bonchev–Trinajstić information content (AvgIpc) is 2.28. The fourth-order valence-electron chi connectivity index (χ4n) is 1.14. The topological polar surface area (TPSA) is 22.1 Å². The zero-order valence-electron chi connectivity index (χ0n) is 8.25. The Morgan fingerprint density at radius 3 is 2.47 bits per heavy atom. The molecule has 0 spiro atoms. The van der Waals surface area contributed by atoms with E-state index in [1.807, 2.05) is 0 Å². The molecule has 1 aromatic heterocycles. The maximum Gasteiger partial charge on any atom is 0.219 e. The lowest BCUT2D eigenvalue weighted by molar-refractivity contribution is 0.405. The first-order valence-electron chi connectivity index (χ1n) is 4.50. The Bertz CT molecular complexity index is 546. The Hall–Kier alpha value is -1.01. The summed E-state index contributed by atoms with van der Waals surface area (Å²) in [6.45, 7) is 0. The van der Waals surface area contributed by atoms with Gasteiger partial charge in [0.15, 0.2) is 11.6 Å². The second kappa shape index (κ2) is 5.10. The van der Waals surface area contributed by atoms with E-state index >= 15 is 0 Å². The fourth-order valence-corrected chi connectivity index (χ4v) is 1.79. The van der Waals surface area contributed by atoms with Gasteiger partial charge in [0.1, 0.15) is 0 Å². The number of hydrogen-bond donors (Lipinski definition) is 0. The molecule has 0 atom stereocenters. The first kappa shape index (κ1) is 12.4.